The molecule has 1 aliphatic rings. The number of rotatable bonds is 4. The van der Waals surface area contributed by atoms with Crippen LogP contribution in [0.25, 0.3) is 11.1 Å². The van der Waals surface area contributed by atoms with Crippen LogP contribution in [0.15, 0.2) is 36.4 Å². The highest BCUT2D eigenvalue weighted by atomic mass is 35.5. The van der Waals surface area contributed by atoms with Crippen LogP contribution in [0.2, 0.25) is 0 Å². The summed E-state index contributed by atoms with van der Waals surface area (Å²) in [6.45, 7) is -0.159. The van der Waals surface area contributed by atoms with Crippen molar-refractivity contribution in [2.24, 2.45) is 11.5 Å². The molecule has 1 heterocycles. The van der Waals surface area contributed by atoms with Gasteiger partial charge in [-0.3, -0.25) is 9.59 Å². The molecule has 9 N–H and O–H groups in total. The highest BCUT2D eigenvalue weighted by Gasteiger charge is 2.31. The molecular formula is C24H32Cl2N4O7. The number of methoxy groups -OCH3 is 1. The molecule has 0 aromatic heterocycles. The average Bonchev–Trinajstić information content (AvgIpc) is 2.84. The van der Waals surface area contributed by atoms with Crippen LogP contribution in [-0.2, 0) is 32.0 Å². The van der Waals surface area contributed by atoms with E-state index >= 15 is 0 Å². The highest BCUT2D eigenvalue weighted by Crippen LogP contribution is 2.30. The molecule has 0 spiro atoms. The predicted molar refractivity (Wildman–Crippen MR) is 141 cm³/mol. The number of fused-ring (bicyclic) bond motifs is 5. The van der Waals surface area contributed by atoms with Gasteiger partial charge >= 0.3 is 5.97 Å². The zero-order valence-electron chi connectivity index (χ0n) is 20.0. The average molecular weight is 559 g/mol. The Balaban J connectivity index is 0.00000342. The number of aliphatic hydroxyl groups excluding tert-OH is 1. The second-order valence-electron chi connectivity index (χ2n) is 8.47. The predicted octanol–water partition coefficient (Wildman–Crippen LogP) is -0.113. The quantitative estimate of drug-likeness (QED) is 0.250. The topological polar surface area (TPSA) is 197 Å². The molecule has 204 valence electrons. The lowest BCUT2D eigenvalue weighted by atomic mass is 9.95. The Morgan fingerprint density at radius 2 is 1.54 bits per heavy atom. The van der Waals surface area contributed by atoms with Crippen molar-refractivity contribution < 1.29 is 34.4 Å². The maximum Gasteiger partial charge on any atom is 0.328 e. The molecule has 3 rings (SSSR count). The number of hydrogen-bond acceptors (Lipinski definition) is 9. The summed E-state index contributed by atoms with van der Waals surface area (Å²) in [6, 6.07) is 6.02. The number of nitrogens with two attached hydrogens (primary N) is 2. The van der Waals surface area contributed by atoms with Crippen molar-refractivity contribution in [3.8, 4) is 22.6 Å². The first-order valence-corrected chi connectivity index (χ1v) is 11.1. The van der Waals surface area contributed by atoms with Crippen LogP contribution in [0.5, 0.6) is 11.5 Å². The van der Waals surface area contributed by atoms with Crippen LogP contribution in [0.1, 0.15) is 17.5 Å². The summed E-state index contributed by atoms with van der Waals surface area (Å²) in [5.74, 6) is -2.37. The van der Waals surface area contributed by atoms with Crippen LogP contribution in [-0.4, -0.2) is 71.0 Å². The van der Waals surface area contributed by atoms with Crippen LogP contribution >= 0.6 is 24.8 Å². The molecular weight excluding hydrogens is 527 g/mol. The Morgan fingerprint density at radius 1 is 1.00 bits per heavy atom. The molecule has 0 aliphatic carbocycles. The van der Waals surface area contributed by atoms with Gasteiger partial charge < -0.3 is 42.2 Å². The lowest BCUT2D eigenvalue weighted by Crippen LogP contribution is -2.56. The first kappa shape index (κ1) is 31.9. The molecule has 0 fully saturated rings. The fourth-order valence-corrected chi connectivity index (χ4v) is 3.89. The van der Waals surface area contributed by atoms with Crippen molar-refractivity contribution in [1.29, 1.82) is 0 Å². The highest BCUT2D eigenvalue weighted by molar-refractivity contribution is 5.92. The molecule has 13 heteroatoms. The van der Waals surface area contributed by atoms with E-state index in [2.05, 4.69) is 10.6 Å². The molecule has 0 saturated heterocycles. The summed E-state index contributed by atoms with van der Waals surface area (Å²) in [5.41, 5.74) is 13.7. The number of carbonyl (C=O) groups excluding carboxylic acids is 3. The summed E-state index contributed by atoms with van der Waals surface area (Å²) in [6.07, 6.45) is -1.48. The van der Waals surface area contributed by atoms with Gasteiger partial charge in [0.2, 0.25) is 11.8 Å². The molecule has 37 heavy (non-hydrogen) atoms. The SMILES string of the molecule is COC(=O)[C@@H]1Cc2cc(ccc2O)-c2ccc(O)c(c2)C[C@H](N)C(=O)N[C@@H](C[C@@H](O)CN)C(=O)N1.Cl.Cl. The van der Waals surface area contributed by atoms with Gasteiger partial charge in [0.25, 0.3) is 0 Å². The summed E-state index contributed by atoms with van der Waals surface area (Å²) in [4.78, 5) is 38.4. The van der Waals surface area contributed by atoms with Crippen molar-refractivity contribution in [2.45, 2.75) is 43.5 Å². The number of esters is 1. The summed E-state index contributed by atoms with van der Waals surface area (Å²) < 4.78 is 4.82. The largest absolute Gasteiger partial charge is 0.508 e. The minimum Gasteiger partial charge on any atom is -0.508 e. The maximum atomic E-state index is 13.1. The number of nitrogens with one attached hydrogen (secondary N) is 2. The van der Waals surface area contributed by atoms with Crippen molar-refractivity contribution in [3.05, 3.63) is 47.5 Å². The normalized spacial score (nSPS) is 20.5. The van der Waals surface area contributed by atoms with Crippen LogP contribution in [0.4, 0.5) is 0 Å². The Hall–Kier alpha value is -3.09. The number of ether oxygens (including phenoxy) is 1. The lowest BCUT2D eigenvalue weighted by molar-refractivity contribution is -0.145. The van der Waals surface area contributed by atoms with E-state index in [0.717, 1.165) is 7.11 Å². The fraction of sp³-hybridized carbons (Fsp3) is 0.375. The molecule has 2 amide bonds. The van der Waals surface area contributed by atoms with Gasteiger partial charge in [0.1, 0.15) is 23.6 Å². The first-order chi connectivity index (χ1) is 16.6. The Morgan fingerprint density at radius 3 is 2.05 bits per heavy atom. The number of aromatic hydroxyl groups is 2. The number of carbonyl (C=O) groups is 3. The van der Waals surface area contributed by atoms with E-state index < -0.39 is 42.0 Å². The van der Waals surface area contributed by atoms with Crippen LogP contribution in [0.3, 0.4) is 0 Å². The monoisotopic (exact) mass is 558 g/mol. The van der Waals surface area contributed by atoms with Gasteiger partial charge in [-0.15, -0.1) is 24.8 Å². The van der Waals surface area contributed by atoms with Gasteiger partial charge in [-0.2, -0.15) is 0 Å². The van der Waals surface area contributed by atoms with E-state index in [1.807, 2.05) is 0 Å². The third-order valence-corrected chi connectivity index (χ3v) is 5.91. The third-order valence-electron chi connectivity index (χ3n) is 5.91. The maximum absolute atomic E-state index is 13.1. The lowest BCUT2D eigenvalue weighted by Gasteiger charge is -2.25. The number of benzene rings is 2. The first-order valence-electron chi connectivity index (χ1n) is 11.1. The second-order valence-corrected chi connectivity index (χ2v) is 8.47. The molecule has 0 saturated carbocycles. The molecule has 0 radical (unpaired) electrons. The van der Waals surface area contributed by atoms with Gasteiger partial charge in [0.05, 0.1) is 19.3 Å². The molecule has 2 aromatic carbocycles. The number of halogens is 2. The van der Waals surface area contributed by atoms with Crippen LogP contribution in [0, 0.1) is 0 Å². The van der Waals surface area contributed by atoms with E-state index in [9.17, 15) is 29.7 Å². The number of phenolic OH excluding ortho intramolecular Hbond substituents is 2. The number of phenols is 2. The molecule has 0 unspecified atom stereocenters. The number of hydrogen-bond donors (Lipinski definition) is 7. The van der Waals surface area contributed by atoms with Crippen molar-refractivity contribution in [1.82, 2.24) is 10.6 Å². The number of amides is 2. The van der Waals surface area contributed by atoms with Gasteiger partial charge in [-0.05, 0) is 46.5 Å². The molecule has 11 nitrogen and oxygen atoms in total. The van der Waals surface area contributed by atoms with Gasteiger partial charge in [-0.25, -0.2) is 4.79 Å². The molecule has 4 bridgehead atoms. The molecule has 4 atom stereocenters. The standard InChI is InChI=1S/C24H30N4O7.2ClH/c1-35-24(34)19-9-15-7-13(3-5-21(15)31)12-2-4-20(30)14(6-12)8-17(26)22(32)27-18(23(33)28-19)10-16(29)11-25;;/h2-7,16-19,29-31H,8-11,25-26H2,1H3,(H,27,32)(H,28,33);2*1H/t16-,17+,18+,19+;;/m1../s1. The smallest absolute Gasteiger partial charge is 0.328 e. The Kier molecular flexibility index (Phi) is 12.1. The Labute approximate surface area is 226 Å². The zero-order valence-corrected chi connectivity index (χ0v) is 21.7. The van der Waals surface area contributed by atoms with Gasteiger partial charge in [-0.1, -0.05) is 12.1 Å². The summed E-state index contributed by atoms with van der Waals surface area (Å²) in [5, 5.41) is 35.8. The van der Waals surface area contributed by atoms with Gasteiger partial charge in [0.15, 0.2) is 0 Å². The van der Waals surface area contributed by atoms with Crippen molar-refractivity contribution in [3.63, 3.8) is 0 Å². The van der Waals surface area contributed by atoms with Crippen molar-refractivity contribution in [2.75, 3.05) is 13.7 Å². The third kappa shape index (κ3) is 7.94. The van der Waals surface area contributed by atoms with Gasteiger partial charge in [0, 0.05) is 25.8 Å². The fourth-order valence-electron chi connectivity index (χ4n) is 3.89. The Bertz CT molecular complexity index is 1120. The minimum absolute atomic E-state index is 0. The van der Waals surface area contributed by atoms with Crippen molar-refractivity contribution >= 4 is 42.6 Å². The molecule has 1 aliphatic heterocycles. The molecule has 2 aromatic rings. The van der Waals surface area contributed by atoms with E-state index in [1.54, 1.807) is 24.3 Å². The summed E-state index contributed by atoms with van der Waals surface area (Å²) in [7, 11) is 1.16. The van der Waals surface area contributed by atoms with E-state index in [0.29, 0.717) is 22.3 Å². The zero-order chi connectivity index (χ0) is 25.7. The number of aliphatic hydroxyl groups is 1. The van der Waals surface area contributed by atoms with E-state index in [4.69, 9.17) is 16.2 Å². The van der Waals surface area contributed by atoms with Crippen LogP contribution < -0.4 is 22.1 Å². The van der Waals surface area contributed by atoms with E-state index in [-0.39, 0.29) is 62.1 Å². The minimum atomic E-state index is -1.26. The summed E-state index contributed by atoms with van der Waals surface area (Å²) >= 11 is 0. The second kappa shape index (κ2) is 14.0. The van der Waals surface area contributed by atoms with E-state index in [1.165, 1.54) is 12.1 Å².